The van der Waals surface area contributed by atoms with Crippen LogP contribution in [0, 0.1) is 11.3 Å². The molecule has 38 heavy (non-hydrogen) atoms. The Kier molecular flexibility index (Phi) is 10.8. The van der Waals surface area contributed by atoms with Crippen molar-refractivity contribution in [2.24, 2.45) is 11.7 Å². The van der Waals surface area contributed by atoms with Gasteiger partial charge in [-0.3, -0.25) is 10.2 Å². The predicted octanol–water partition coefficient (Wildman–Crippen LogP) is 6.21. The summed E-state index contributed by atoms with van der Waals surface area (Å²) in [5.74, 6) is 1.20. The number of anilines is 1. The van der Waals surface area contributed by atoms with Gasteiger partial charge in [0.1, 0.15) is 17.7 Å². The molecule has 4 N–H and O–H groups in total. The number of hydrogen-bond donors (Lipinski definition) is 3. The summed E-state index contributed by atoms with van der Waals surface area (Å²) in [5, 5.41) is 13.3. The molecule has 0 aromatic heterocycles. The molecular formula is C30H38Cl2N4O2. The Hall–Kier alpha value is -2.80. The summed E-state index contributed by atoms with van der Waals surface area (Å²) >= 11 is 0. The second-order valence-electron chi connectivity index (χ2n) is 10.1. The number of piperidine rings is 1. The minimum Gasteiger partial charge on any atom is -0.490 e. The lowest BCUT2D eigenvalue weighted by molar-refractivity contribution is -0.123. The molecule has 2 aliphatic rings. The van der Waals surface area contributed by atoms with Crippen molar-refractivity contribution in [2.75, 3.05) is 18.0 Å². The van der Waals surface area contributed by atoms with E-state index in [4.69, 9.17) is 15.9 Å². The van der Waals surface area contributed by atoms with Crippen molar-refractivity contribution in [3.63, 3.8) is 0 Å². The smallest absolute Gasteiger partial charge is 0.230 e. The molecule has 0 spiro atoms. The maximum atomic E-state index is 13.8. The first-order valence-electron chi connectivity index (χ1n) is 13.2. The summed E-state index contributed by atoms with van der Waals surface area (Å²) in [6, 6.07) is 20.1. The summed E-state index contributed by atoms with van der Waals surface area (Å²) in [5.41, 5.74) is 8.38. The number of nitrogens with one attached hydrogen (secondary N) is 2. The van der Waals surface area contributed by atoms with Gasteiger partial charge in [-0.15, -0.1) is 24.8 Å². The molecular weight excluding hydrogens is 519 g/mol. The maximum absolute atomic E-state index is 13.8. The van der Waals surface area contributed by atoms with Gasteiger partial charge in [-0.05, 0) is 91.5 Å². The number of carbonyl (C=O) groups is 1. The van der Waals surface area contributed by atoms with E-state index in [0.717, 1.165) is 79.4 Å². The fourth-order valence-electron chi connectivity index (χ4n) is 5.42. The van der Waals surface area contributed by atoms with E-state index in [9.17, 15) is 4.79 Å². The van der Waals surface area contributed by atoms with Crippen LogP contribution in [0.15, 0.2) is 60.7 Å². The number of carbonyl (C=O) groups excluding carboxylic acids is 1. The number of fused-ring (bicyclic) bond motifs is 1. The molecule has 1 heterocycles. The Morgan fingerprint density at radius 1 is 0.895 bits per heavy atom. The molecule has 0 radical (unpaired) electrons. The van der Waals surface area contributed by atoms with Crippen molar-refractivity contribution in [1.82, 2.24) is 5.32 Å². The van der Waals surface area contributed by atoms with Gasteiger partial charge in [0.25, 0.3) is 0 Å². The van der Waals surface area contributed by atoms with Gasteiger partial charge >= 0.3 is 0 Å². The topological polar surface area (TPSA) is 91.4 Å². The van der Waals surface area contributed by atoms with E-state index in [0.29, 0.717) is 12.1 Å². The normalized spacial score (nSPS) is 16.2. The summed E-state index contributed by atoms with van der Waals surface area (Å²) in [6.07, 6.45) is 7.67. The maximum Gasteiger partial charge on any atom is 0.230 e. The third kappa shape index (κ3) is 7.19. The van der Waals surface area contributed by atoms with Crippen molar-refractivity contribution in [1.29, 1.82) is 5.41 Å². The largest absolute Gasteiger partial charge is 0.490 e. The highest BCUT2D eigenvalue weighted by Gasteiger charge is 2.27. The van der Waals surface area contributed by atoms with E-state index < -0.39 is 0 Å². The zero-order valence-corrected chi connectivity index (χ0v) is 23.3. The van der Waals surface area contributed by atoms with Crippen LogP contribution < -0.4 is 20.7 Å². The molecule has 1 amide bonds. The van der Waals surface area contributed by atoms with Gasteiger partial charge < -0.3 is 20.7 Å². The van der Waals surface area contributed by atoms with E-state index in [-0.39, 0.29) is 48.6 Å². The van der Waals surface area contributed by atoms with Crippen LogP contribution in [-0.2, 0) is 11.3 Å². The van der Waals surface area contributed by atoms with Crippen LogP contribution in [0.3, 0.4) is 0 Å². The number of hydrogen-bond acceptors (Lipinski definition) is 4. The summed E-state index contributed by atoms with van der Waals surface area (Å²) in [4.78, 5) is 15.7. The molecule has 1 aliphatic carbocycles. The van der Waals surface area contributed by atoms with Gasteiger partial charge in [0.2, 0.25) is 5.91 Å². The quantitative estimate of drug-likeness (QED) is 0.238. The first kappa shape index (κ1) is 29.8. The molecule has 5 rings (SSSR count). The number of amides is 1. The van der Waals surface area contributed by atoms with Crippen molar-refractivity contribution < 1.29 is 9.53 Å². The summed E-state index contributed by atoms with van der Waals surface area (Å²) in [7, 11) is 0. The number of rotatable bonds is 7. The Balaban J connectivity index is 0.00000200. The highest BCUT2D eigenvalue weighted by atomic mass is 35.5. The molecule has 3 aromatic rings. The Morgan fingerprint density at radius 3 is 2.26 bits per heavy atom. The van der Waals surface area contributed by atoms with Crippen LogP contribution in [0.25, 0.3) is 10.8 Å². The van der Waals surface area contributed by atoms with E-state index in [2.05, 4.69) is 23.5 Å². The van der Waals surface area contributed by atoms with Gasteiger partial charge in [-0.25, -0.2) is 0 Å². The highest BCUT2D eigenvalue weighted by molar-refractivity contribution is 5.99. The van der Waals surface area contributed by atoms with E-state index in [1.165, 1.54) is 6.42 Å². The number of ether oxygens (including phenoxy) is 1. The number of nitrogens with two attached hydrogens (primary N) is 1. The van der Waals surface area contributed by atoms with E-state index in [1.54, 1.807) is 0 Å². The lowest BCUT2D eigenvalue weighted by Gasteiger charge is -2.30. The zero-order chi connectivity index (χ0) is 24.9. The van der Waals surface area contributed by atoms with Crippen LogP contribution in [0.2, 0.25) is 0 Å². The van der Waals surface area contributed by atoms with Crippen molar-refractivity contribution in [2.45, 2.75) is 57.6 Å². The van der Waals surface area contributed by atoms with Crippen LogP contribution >= 0.6 is 24.8 Å². The van der Waals surface area contributed by atoms with Crippen molar-refractivity contribution in [3.05, 3.63) is 71.8 Å². The van der Waals surface area contributed by atoms with E-state index >= 15 is 0 Å². The standard InChI is InChI=1S/C30H36N4O2.2ClH/c31-29(32)24-9-8-22-7-6-21(18-25(22)19-24)20-34(30(35)23-4-2-1-3-5-23)26-10-12-27(13-11-26)36-28-14-16-33-17-15-28;;/h6-13,18-19,23,28,33H,1-5,14-17,20H2,(H3,31,32);2*1H. The third-order valence-electron chi connectivity index (χ3n) is 7.51. The fourth-order valence-corrected chi connectivity index (χ4v) is 5.42. The van der Waals surface area contributed by atoms with Gasteiger partial charge in [-0.2, -0.15) is 0 Å². The second-order valence-corrected chi connectivity index (χ2v) is 10.1. The Morgan fingerprint density at radius 2 is 1.58 bits per heavy atom. The minimum absolute atomic E-state index is 0. The molecule has 0 unspecified atom stereocenters. The van der Waals surface area contributed by atoms with E-state index in [1.807, 2.05) is 47.4 Å². The number of nitrogen functional groups attached to an aromatic ring is 1. The lowest BCUT2D eigenvalue weighted by Crippen LogP contribution is -2.36. The monoisotopic (exact) mass is 556 g/mol. The van der Waals surface area contributed by atoms with Crippen LogP contribution in [0.5, 0.6) is 5.75 Å². The number of benzene rings is 3. The van der Waals surface area contributed by atoms with Crippen LogP contribution in [0.1, 0.15) is 56.1 Å². The Bertz CT molecular complexity index is 1220. The highest BCUT2D eigenvalue weighted by Crippen LogP contribution is 2.30. The molecule has 2 fully saturated rings. The fraction of sp³-hybridized carbons (Fsp3) is 0.400. The molecule has 0 bridgehead atoms. The molecule has 8 heteroatoms. The third-order valence-corrected chi connectivity index (χ3v) is 7.51. The zero-order valence-electron chi connectivity index (χ0n) is 21.7. The van der Waals surface area contributed by atoms with Gasteiger partial charge in [0, 0.05) is 17.2 Å². The summed E-state index contributed by atoms with van der Waals surface area (Å²) in [6.45, 7) is 2.49. The van der Waals surface area contributed by atoms with Gasteiger partial charge in [0.05, 0.1) is 6.54 Å². The Labute approximate surface area is 237 Å². The average Bonchev–Trinajstić information content (AvgIpc) is 2.92. The first-order chi connectivity index (χ1) is 17.6. The van der Waals surface area contributed by atoms with Crippen LogP contribution in [0.4, 0.5) is 5.69 Å². The first-order valence-corrected chi connectivity index (χ1v) is 13.2. The summed E-state index contributed by atoms with van der Waals surface area (Å²) < 4.78 is 6.19. The second kappa shape index (κ2) is 13.8. The molecule has 6 nitrogen and oxygen atoms in total. The molecule has 204 valence electrons. The molecule has 0 atom stereocenters. The minimum atomic E-state index is 0. The molecule has 3 aromatic carbocycles. The molecule has 1 saturated carbocycles. The predicted molar refractivity (Wildman–Crippen MR) is 160 cm³/mol. The molecule has 1 aliphatic heterocycles. The average molecular weight is 558 g/mol. The lowest BCUT2D eigenvalue weighted by atomic mass is 9.88. The number of halogens is 2. The molecule has 1 saturated heterocycles. The number of amidine groups is 1. The van der Waals surface area contributed by atoms with Crippen LogP contribution in [-0.4, -0.2) is 30.9 Å². The van der Waals surface area contributed by atoms with Crippen molar-refractivity contribution in [3.8, 4) is 5.75 Å². The number of nitrogens with zero attached hydrogens (tertiary/aromatic N) is 1. The van der Waals surface area contributed by atoms with Gasteiger partial charge in [-0.1, -0.05) is 43.5 Å². The van der Waals surface area contributed by atoms with Gasteiger partial charge in [0.15, 0.2) is 0 Å². The SMILES string of the molecule is Cl.Cl.N=C(N)c1ccc2ccc(CN(C(=O)C3CCCCC3)c3ccc(OC4CCNCC4)cc3)cc2c1. The van der Waals surface area contributed by atoms with Crippen molar-refractivity contribution >= 4 is 53.0 Å².